The van der Waals surface area contributed by atoms with Crippen molar-refractivity contribution in [2.75, 3.05) is 12.3 Å². The Hall–Kier alpha value is -0.610. The van der Waals surface area contributed by atoms with Crippen LogP contribution in [-0.2, 0) is 0 Å². The molecule has 1 aromatic rings. The number of hydrogen-bond acceptors (Lipinski definition) is 4. The van der Waals surface area contributed by atoms with E-state index in [-0.39, 0.29) is 0 Å². The average molecular weight is 185 g/mol. The molecule has 12 heavy (non-hydrogen) atoms. The molecule has 0 aliphatic heterocycles. The molecule has 4 N–H and O–H groups in total. The summed E-state index contributed by atoms with van der Waals surface area (Å²) in [7, 11) is 0. The summed E-state index contributed by atoms with van der Waals surface area (Å²) in [6.45, 7) is 4.93. The zero-order valence-corrected chi connectivity index (χ0v) is 8.27. The van der Waals surface area contributed by atoms with Gasteiger partial charge < -0.3 is 11.5 Å². The summed E-state index contributed by atoms with van der Waals surface area (Å²) in [5.41, 5.74) is 12.2. The van der Waals surface area contributed by atoms with Gasteiger partial charge in [0.15, 0.2) is 5.13 Å². The highest BCUT2D eigenvalue weighted by molar-refractivity contribution is 7.13. The largest absolute Gasteiger partial charge is 0.375 e. The maximum Gasteiger partial charge on any atom is 0.180 e. The summed E-state index contributed by atoms with van der Waals surface area (Å²) in [4.78, 5) is 4.22. The first-order valence-electron chi connectivity index (χ1n) is 4.06. The lowest BCUT2D eigenvalue weighted by Gasteiger charge is -2.15. The van der Waals surface area contributed by atoms with Crippen LogP contribution in [0.25, 0.3) is 0 Å². The van der Waals surface area contributed by atoms with Crippen LogP contribution in [0.2, 0.25) is 0 Å². The first-order chi connectivity index (χ1) is 5.65. The van der Waals surface area contributed by atoms with Crippen molar-refractivity contribution in [1.29, 1.82) is 0 Å². The minimum atomic E-state index is 0.346. The van der Waals surface area contributed by atoms with Gasteiger partial charge in [-0.25, -0.2) is 4.98 Å². The molecule has 1 unspecified atom stereocenters. The second-order valence-corrected chi connectivity index (χ2v) is 4.09. The monoisotopic (exact) mass is 185 g/mol. The van der Waals surface area contributed by atoms with E-state index in [4.69, 9.17) is 11.5 Å². The van der Waals surface area contributed by atoms with Crippen LogP contribution >= 0.6 is 11.3 Å². The molecule has 0 bridgehead atoms. The lowest BCUT2D eigenvalue weighted by atomic mass is 9.93. The van der Waals surface area contributed by atoms with Gasteiger partial charge in [-0.05, 0) is 5.92 Å². The van der Waals surface area contributed by atoms with Gasteiger partial charge in [0.1, 0.15) is 0 Å². The maximum absolute atomic E-state index is 5.64. The molecule has 3 nitrogen and oxygen atoms in total. The summed E-state index contributed by atoms with van der Waals surface area (Å²) in [6, 6.07) is 0. The topological polar surface area (TPSA) is 64.9 Å². The van der Waals surface area contributed by atoms with E-state index in [9.17, 15) is 0 Å². The van der Waals surface area contributed by atoms with Crippen molar-refractivity contribution in [3.05, 3.63) is 11.1 Å². The SMILES string of the molecule is CC(C)C(CN)c1csc(N)n1. The second-order valence-electron chi connectivity index (χ2n) is 3.20. The Morgan fingerprint density at radius 2 is 2.25 bits per heavy atom. The van der Waals surface area contributed by atoms with E-state index < -0.39 is 0 Å². The highest BCUT2D eigenvalue weighted by Crippen LogP contribution is 2.25. The van der Waals surface area contributed by atoms with E-state index in [0.29, 0.717) is 23.5 Å². The van der Waals surface area contributed by atoms with Crippen LogP contribution in [0.15, 0.2) is 5.38 Å². The van der Waals surface area contributed by atoms with E-state index in [2.05, 4.69) is 18.8 Å². The summed E-state index contributed by atoms with van der Waals surface area (Å²) >= 11 is 1.48. The van der Waals surface area contributed by atoms with Crippen LogP contribution < -0.4 is 11.5 Å². The summed E-state index contributed by atoms with van der Waals surface area (Å²) in [5, 5.41) is 2.62. The molecule has 4 heteroatoms. The average Bonchev–Trinajstić information content (AvgIpc) is 2.37. The van der Waals surface area contributed by atoms with Crippen molar-refractivity contribution in [3.63, 3.8) is 0 Å². The van der Waals surface area contributed by atoms with Crippen molar-refractivity contribution in [2.45, 2.75) is 19.8 Å². The molecule has 0 radical (unpaired) electrons. The molecular weight excluding hydrogens is 170 g/mol. The fourth-order valence-corrected chi connectivity index (χ4v) is 1.83. The molecule has 0 aliphatic rings. The van der Waals surface area contributed by atoms with E-state index >= 15 is 0 Å². The predicted octanol–water partition coefficient (Wildman–Crippen LogP) is 1.42. The minimum Gasteiger partial charge on any atom is -0.375 e. The van der Waals surface area contributed by atoms with Gasteiger partial charge in [0.05, 0.1) is 5.69 Å². The Labute approximate surface area is 76.8 Å². The molecule has 0 aliphatic carbocycles. The lowest BCUT2D eigenvalue weighted by molar-refractivity contribution is 0.498. The minimum absolute atomic E-state index is 0.346. The zero-order chi connectivity index (χ0) is 9.14. The van der Waals surface area contributed by atoms with E-state index in [0.717, 1.165) is 5.69 Å². The number of thiazole rings is 1. The molecule has 0 saturated heterocycles. The number of nitrogens with zero attached hydrogens (tertiary/aromatic N) is 1. The third kappa shape index (κ3) is 1.95. The van der Waals surface area contributed by atoms with Gasteiger partial charge in [0.25, 0.3) is 0 Å². The number of hydrogen-bond donors (Lipinski definition) is 2. The number of nitrogen functional groups attached to an aromatic ring is 1. The molecule has 0 amide bonds. The van der Waals surface area contributed by atoms with Gasteiger partial charge in [0, 0.05) is 17.8 Å². The van der Waals surface area contributed by atoms with Gasteiger partial charge in [-0.1, -0.05) is 13.8 Å². The van der Waals surface area contributed by atoms with Crippen LogP contribution in [0, 0.1) is 5.92 Å². The maximum atomic E-state index is 5.64. The molecule has 1 rings (SSSR count). The van der Waals surface area contributed by atoms with Crippen molar-refractivity contribution in [1.82, 2.24) is 4.98 Å². The van der Waals surface area contributed by atoms with Crippen LogP contribution in [0.1, 0.15) is 25.5 Å². The van der Waals surface area contributed by atoms with Gasteiger partial charge in [-0.3, -0.25) is 0 Å². The Kier molecular flexibility index (Phi) is 3.05. The lowest BCUT2D eigenvalue weighted by Crippen LogP contribution is -2.18. The van der Waals surface area contributed by atoms with Gasteiger partial charge in [-0.2, -0.15) is 0 Å². The fourth-order valence-electron chi connectivity index (χ4n) is 1.21. The first-order valence-corrected chi connectivity index (χ1v) is 4.94. The number of anilines is 1. The first kappa shape index (κ1) is 9.48. The van der Waals surface area contributed by atoms with Crippen molar-refractivity contribution in [3.8, 4) is 0 Å². The molecule has 0 saturated carbocycles. The van der Waals surface area contributed by atoms with Crippen LogP contribution in [0.3, 0.4) is 0 Å². The third-order valence-electron chi connectivity index (χ3n) is 1.98. The summed E-state index contributed by atoms with van der Waals surface area (Å²) < 4.78 is 0. The highest BCUT2D eigenvalue weighted by atomic mass is 32.1. The molecule has 0 aromatic carbocycles. The molecule has 1 atom stereocenters. The Bertz CT molecular complexity index is 244. The summed E-state index contributed by atoms with van der Waals surface area (Å²) in [5.74, 6) is 0.870. The Morgan fingerprint density at radius 3 is 2.58 bits per heavy atom. The van der Waals surface area contributed by atoms with E-state index in [1.807, 2.05) is 5.38 Å². The Morgan fingerprint density at radius 1 is 1.58 bits per heavy atom. The molecule has 1 heterocycles. The second kappa shape index (κ2) is 3.87. The predicted molar refractivity (Wildman–Crippen MR) is 53.2 cm³/mol. The van der Waals surface area contributed by atoms with Crippen LogP contribution in [0.5, 0.6) is 0 Å². The van der Waals surface area contributed by atoms with Crippen molar-refractivity contribution >= 4 is 16.5 Å². The number of aromatic nitrogens is 1. The van der Waals surface area contributed by atoms with Crippen molar-refractivity contribution in [2.24, 2.45) is 11.7 Å². The molecular formula is C8H15N3S. The molecule has 0 fully saturated rings. The van der Waals surface area contributed by atoms with Crippen LogP contribution in [-0.4, -0.2) is 11.5 Å². The van der Waals surface area contributed by atoms with E-state index in [1.165, 1.54) is 11.3 Å². The summed E-state index contributed by atoms with van der Waals surface area (Å²) in [6.07, 6.45) is 0. The van der Waals surface area contributed by atoms with E-state index in [1.54, 1.807) is 0 Å². The highest BCUT2D eigenvalue weighted by Gasteiger charge is 2.16. The quantitative estimate of drug-likeness (QED) is 0.748. The number of nitrogens with two attached hydrogens (primary N) is 2. The third-order valence-corrected chi connectivity index (χ3v) is 2.67. The van der Waals surface area contributed by atoms with Crippen LogP contribution in [0.4, 0.5) is 5.13 Å². The smallest absolute Gasteiger partial charge is 0.180 e. The van der Waals surface area contributed by atoms with Gasteiger partial charge in [-0.15, -0.1) is 11.3 Å². The molecule has 1 aromatic heterocycles. The normalized spacial score (nSPS) is 13.7. The van der Waals surface area contributed by atoms with Gasteiger partial charge in [0.2, 0.25) is 0 Å². The molecule has 0 spiro atoms. The molecule has 68 valence electrons. The van der Waals surface area contributed by atoms with Crippen molar-refractivity contribution < 1.29 is 0 Å². The van der Waals surface area contributed by atoms with Gasteiger partial charge >= 0.3 is 0 Å². The number of rotatable bonds is 3. The standard InChI is InChI=1S/C8H15N3S/c1-5(2)6(3-9)7-4-12-8(10)11-7/h4-6H,3,9H2,1-2H3,(H2,10,11). The Balaban J connectivity index is 2.80. The zero-order valence-electron chi connectivity index (χ0n) is 7.45. The fraction of sp³-hybridized carbons (Fsp3) is 0.625.